The molecule has 3 N–H and O–H groups in total. The van der Waals surface area contributed by atoms with Crippen molar-refractivity contribution in [2.45, 2.75) is 31.5 Å². The number of halogens is 3. The summed E-state index contributed by atoms with van der Waals surface area (Å²) < 4.78 is 5.53. The molecule has 1 aliphatic rings. The number of rotatable bonds is 5. The molecule has 1 amide bonds. The summed E-state index contributed by atoms with van der Waals surface area (Å²) in [6, 6.07) is 5.36. The number of hydrogen-bond acceptors (Lipinski definition) is 3. The molecule has 2 rings (SSSR count). The van der Waals surface area contributed by atoms with E-state index < -0.39 is 0 Å². The van der Waals surface area contributed by atoms with Gasteiger partial charge in [-0.3, -0.25) is 4.79 Å². The second-order valence-electron chi connectivity index (χ2n) is 4.84. The van der Waals surface area contributed by atoms with Gasteiger partial charge in [-0.15, -0.1) is 12.4 Å². The van der Waals surface area contributed by atoms with Gasteiger partial charge in [-0.1, -0.05) is 29.3 Å². The van der Waals surface area contributed by atoms with Crippen LogP contribution in [0.4, 0.5) is 0 Å². The summed E-state index contributed by atoms with van der Waals surface area (Å²) in [5.41, 5.74) is 6.48. The second kappa shape index (κ2) is 8.81. The van der Waals surface area contributed by atoms with Crippen molar-refractivity contribution >= 4 is 41.5 Å². The molecular weight excluding hydrogens is 335 g/mol. The molecule has 1 fully saturated rings. The zero-order chi connectivity index (χ0) is 14.5. The lowest BCUT2D eigenvalue weighted by Gasteiger charge is -2.13. The number of benzene rings is 1. The first-order valence-electron chi connectivity index (χ1n) is 6.67. The van der Waals surface area contributed by atoms with Crippen molar-refractivity contribution in [3.63, 3.8) is 0 Å². The molecule has 1 aromatic rings. The third-order valence-electron chi connectivity index (χ3n) is 3.37. The van der Waals surface area contributed by atoms with Crippen LogP contribution >= 0.6 is 35.6 Å². The Morgan fingerprint density at radius 3 is 2.76 bits per heavy atom. The van der Waals surface area contributed by atoms with E-state index in [1.807, 2.05) is 6.07 Å². The predicted octanol–water partition coefficient (Wildman–Crippen LogP) is 2.58. The molecule has 0 aliphatic carbocycles. The summed E-state index contributed by atoms with van der Waals surface area (Å²) in [7, 11) is 0. The first-order chi connectivity index (χ1) is 9.60. The molecule has 0 radical (unpaired) electrons. The van der Waals surface area contributed by atoms with Crippen LogP contribution in [0.1, 0.15) is 18.4 Å². The van der Waals surface area contributed by atoms with Gasteiger partial charge in [0.15, 0.2) is 0 Å². The maximum atomic E-state index is 11.9. The van der Waals surface area contributed by atoms with Crippen LogP contribution in [0.3, 0.4) is 0 Å². The lowest BCUT2D eigenvalue weighted by Crippen LogP contribution is -2.36. The van der Waals surface area contributed by atoms with Gasteiger partial charge in [-0.25, -0.2) is 0 Å². The molecule has 2 atom stereocenters. The van der Waals surface area contributed by atoms with E-state index in [1.54, 1.807) is 12.1 Å². The highest BCUT2D eigenvalue weighted by atomic mass is 35.5. The molecule has 4 nitrogen and oxygen atoms in total. The molecule has 0 aromatic heterocycles. The second-order valence-corrected chi connectivity index (χ2v) is 5.68. The van der Waals surface area contributed by atoms with Crippen molar-refractivity contribution in [2.24, 2.45) is 5.73 Å². The molecular formula is C14H19Cl3N2O2. The number of amides is 1. The Morgan fingerprint density at radius 1 is 1.38 bits per heavy atom. The van der Waals surface area contributed by atoms with E-state index in [0.29, 0.717) is 29.6 Å². The standard InChI is InChI=1S/C14H18Cl2N2O2.ClH/c15-10-2-1-9(12(16)7-10)5-6-18-14(19)13-4-3-11(8-17)20-13;/h1-2,7,11,13H,3-6,8,17H2,(H,18,19);1H/t11-,13+;/m1./s1. The highest BCUT2D eigenvalue weighted by Gasteiger charge is 2.29. The fraction of sp³-hybridized carbons (Fsp3) is 0.500. The minimum absolute atomic E-state index is 0. The van der Waals surface area contributed by atoms with Gasteiger partial charge < -0.3 is 15.8 Å². The minimum atomic E-state index is -0.371. The number of carbonyl (C=O) groups excluding carboxylic acids is 1. The van der Waals surface area contributed by atoms with Crippen LogP contribution in [0.15, 0.2) is 18.2 Å². The van der Waals surface area contributed by atoms with Crippen molar-refractivity contribution in [1.29, 1.82) is 0 Å². The molecule has 0 saturated carbocycles. The molecule has 1 aliphatic heterocycles. The monoisotopic (exact) mass is 352 g/mol. The van der Waals surface area contributed by atoms with E-state index in [1.165, 1.54) is 0 Å². The van der Waals surface area contributed by atoms with Crippen molar-refractivity contribution in [2.75, 3.05) is 13.1 Å². The maximum absolute atomic E-state index is 11.9. The first kappa shape index (κ1) is 18.5. The van der Waals surface area contributed by atoms with E-state index in [9.17, 15) is 4.79 Å². The van der Waals surface area contributed by atoms with Crippen LogP contribution in [0.5, 0.6) is 0 Å². The Morgan fingerprint density at radius 2 is 2.14 bits per heavy atom. The van der Waals surface area contributed by atoms with Gasteiger partial charge in [0.25, 0.3) is 0 Å². The fourth-order valence-electron chi connectivity index (χ4n) is 2.23. The average Bonchev–Trinajstić information content (AvgIpc) is 2.90. The smallest absolute Gasteiger partial charge is 0.249 e. The molecule has 0 spiro atoms. The summed E-state index contributed by atoms with van der Waals surface area (Å²) in [4.78, 5) is 11.9. The maximum Gasteiger partial charge on any atom is 0.249 e. The van der Waals surface area contributed by atoms with E-state index >= 15 is 0 Å². The molecule has 1 saturated heterocycles. The Bertz CT molecular complexity index is 485. The van der Waals surface area contributed by atoms with E-state index in [4.69, 9.17) is 33.7 Å². The third-order valence-corrected chi connectivity index (χ3v) is 3.96. The zero-order valence-corrected chi connectivity index (χ0v) is 13.8. The van der Waals surface area contributed by atoms with Gasteiger partial charge in [0, 0.05) is 23.1 Å². The van der Waals surface area contributed by atoms with Crippen LogP contribution in [0, 0.1) is 0 Å². The summed E-state index contributed by atoms with van der Waals surface area (Å²) in [6.07, 6.45) is 1.88. The van der Waals surface area contributed by atoms with Crippen LogP contribution in [0.2, 0.25) is 10.0 Å². The van der Waals surface area contributed by atoms with E-state index in [0.717, 1.165) is 18.4 Å². The van der Waals surface area contributed by atoms with Crippen molar-refractivity contribution in [3.8, 4) is 0 Å². The SMILES string of the molecule is Cl.NC[C@H]1CC[C@@H](C(=O)NCCc2ccc(Cl)cc2Cl)O1. The number of nitrogens with two attached hydrogens (primary N) is 1. The Hall–Kier alpha value is -0.520. The van der Waals surface area contributed by atoms with Gasteiger partial charge in [-0.05, 0) is 37.0 Å². The van der Waals surface area contributed by atoms with Gasteiger partial charge in [0.1, 0.15) is 6.10 Å². The summed E-state index contributed by atoms with van der Waals surface area (Å²) in [6.45, 7) is 0.984. The van der Waals surface area contributed by atoms with Crippen molar-refractivity contribution in [3.05, 3.63) is 33.8 Å². The molecule has 7 heteroatoms. The molecule has 0 unspecified atom stereocenters. The normalized spacial score (nSPS) is 20.9. The molecule has 21 heavy (non-hydrogen) atoms. The number of carbonyl (C=O) groups is 1. The van der Waals surface area contributed by atoms with E-state index in [-0.39, 0.29) is 30.5 Å². The minimum Gasteiger partial charge on any atom is -0.364 e. The highest BCUT2D eigenvalue weighted by molar-refractivity contribution is 6.35. The Balaban J connectivity index is 0.00000220. The summed E-state index contributed by atoms with van der Waals surface area (Å²) in [5, 5.41) is 4.09. The zero-order valence-electron chi connectivity index (χ0n) is 11.5. The lowest BCUT2D eigenvalue weighted by atomic mass is 10.1. The molecule has 0 bridgehead atoms. The van der Waals surface area contributed by atoms with E-state index in [2.05, 4.69) is 5.32 Å². The number of hydrogen-bond donors (Lipinski definition) is 2. The Labute approximate surface area is 140 Å². The Kier molecular flexibility index (Phi) is 7.77. The van der Waals surface area contributed by atoms with Gasteiger partial charge in [0.2, 0.25) is 5.91 Å². The summed E-state index contributed by atoms with van der Waals surface area (Å²) in [5.74, 6) is -0.0777. The third kappa shape index (κ3) is 5.31. The first-order valence-corrected chi connectivity index (χ1v) is 7.43. The summed E-state index contributed by atoms with van der Waals surface area (Å²) >= 11 is 11.9. The van der Waals surface area contributed by atoms with Gasteiger partial charge >= 0.3 is 0 Å². The van der Waals surface area contributed by atoms with Crippen LogP contribution < -0.4 is 11.1 Å². The predicted molar refractivity (Wildman–Crippen MR) is 87.4 cm³/mol. The number of ether oxygens (including phenoxy) is 1. The van der Waals surface area contributed by atoms with Crippen LogP contribution in [-0.2, 0) is 16.0 Å². The fourth-order valence-corrected chi connectivity index (χ4v) is 2.73. The van der Waals surface area contributed by atoms with Crippen molar-refractivity contribution in [1.82, 2.24) is 5.32 Å². The average molecular weight is 354 g/mol. The van der Waals surface area contributed by atoms with Crippen LogP contribution in [0.25, 0.3) is 0 Å². The highest BCUT2D eigenvalue weighted by Crippen LogP contribution is 2.21. The topological polar surface area (TPSA) is 64.4 Å². The van der Waals surface area contributed by atoms with Gasteiger partial charge in [0.05, 0.1) is 6.10 Å². The molecule has 1 aromatic carbocycles. The largest absolute Gasteiger partial charge is 0.364 e. The van der Waals surface area contributed by atoms with Crippen molar-refractivity contribution < 1.29 is 9.53 Å². The molecule has 118 valence electrons. The lowest BCUT2D eigenvalue weighted by molar-refractivity contribution is -0.131. The van der Waals surface area contributed by atoms with Crippen LogP contribution in [-0.4, -0.2) is 31.2 Å². The number of nitrogens with one attached hydrogen (secondary N) is 1. The van der Waals surface area contributed by atoms with Gasteiger partial charge in [-0.2, -0.15) is 0 Å². The quantitative estimate of drug-likeness (QED) is 0.855. The molecule has 1 heterocycles.